The molecule has 1 aliphatic heterocycles. The molecule has 1 saturated heterocycles. The van der Waals surface area contributed by atoms with Crippen molar-refractivity contribution in [1.29, 1.82) is 0 Å². The van der Waals surface area contributed by atoms with E-state index < -0.39 is 0 Å². The lowest BCUT2D eigenvalue weighted by Gasteiger charge is -2.15. The molecule has 0 saturated carbocycles. The molecule has 0 bridgehead atoms. The van der Waals surface area contributed by atoms with E-state index in [0.717, 1.165) is 11.8 Å². The summed E-state index contributed by atoms with van der Waals surface area (Å²) in [5.74, 6) is 1.96. The van der Waals surface area contributed by atoms with Crippen LogP contribution >= 0.6 is 0 Å². The summed E-state index contributed by atoms with van der Waals surface area (Å²) in [6, 6.07) is 0. The van der Waals surface area contributed by atoms with Crippen LogP contribution in [-0.2, 0) is 0 Å². The lowest BCUT2D eigenvalue weighted by molar-refractivity contribution is 0.370. The Morgan fingerprint density at radius 3 is 2.50 bits per heavy atom. The molecule has 0 aromatic rings. The highest BCUT2D eigenvalue weighted by atomic mass is 14.9. The summed E-state index contributed by atoms with van der Waals surface area (Å²) in [6.45, 7) is 7.16. The van der Waals surface area contributed by atoms with Gasteiger partial charge in [-0.2, -0.15) is 0 Å². The lowest BCUT2D eigenvalue weighted by atomic mass is 9.89. The Morgan fingerprint density at radius 1 is 1.08 bits per heavy atom. The SMILES string of the molecule is CCCCCC1CNCC1CC. The van der Waals surface area contributed by atoms with Crippen LogP contribution in [-0.4, -0.2) is 13.1 Å². The Hall–Kier alpha value is -0.0400. The fourth-order valence-electron chi connectivity index (χ4n) is 2.26. The molecule has 0 aromatic heterocycles. The maximum absolute atomic E-state index is 3.50. The summed E-state index contributed by atoms with van der Waals surface area (Å²) < 4.78 is 0. The zero-order valence-electron chi connectivity index (χ0n) is 8.60. The smallest absolute Gasteiger partial charge is 0.00173 e. The van der Waals surface area contributed by atoms with E-state index in [9.17, 15) is 0 Å². The first-order chi connectivity index (χ1) is 5.88. The van der Waals surface area contributed by atoms with E-state index in [1.165, 1.54) is 45.2 Å². The van der Waals surface area contributed by atoms with Crippen molar-refractivity contribution in [2.24, 2.45) is 11.8 Å². The van der Waals surface area contributed by atoms with Gasteiger partial charge in [0.2, 0.25) is 0 Å². The molecule has 0 radical (unpaired) electrons. The Bertz CT molecular complexity index is 112. The van der Waals surface area contributed by atoms with E-state index in [2.05, 4.69) is 19.2 Å². The summed E-state index contributed by atoms with van der Waals surface area (Å²) in [5.41, 5.74) is 0. The fraction of sp³-hybridized carbons (Fsp3) is 1.00. The van der Waals surface area contributed by atoms with Crippen LogP contribution < -0.4 is 5.32 Å². The Balaban J connectivity index is 2.12. The number of nitrogens with one attached hydrogen (secondary N) is 1. The first kappa shape index (κ1) is 10.0. The van der Waals surface area contributed by atoms with Gasteiger partial charge in [0.05, 0.1) is 0 Å². The van der Waals surface area contributed by atoms with E-state index in [1.807, 2.05) is 0 Å². The van der Waals surface area contributed by atoms with E-state index >= 15 is 0 Å². The molecule has 12 heavy (non-hydrogen) atoms. The second-order valence-corrected chi connectivity index (χ2v) is 4.08. The van der Waals surface area contributed by atoms with Gasteiger partial charge in [0.15, 0.2) is 0 Å². The fourth-order valence-corrected chi connectivity index (χ4v) is 2.26. The molecule has 1 heterocycles. The molecule has 1 rings (SSSR count). The van der Waals surface area contributed by atoms with Crippen molar-refractivity contribution in [2.45, 2.75) is 46.0 Å². The molecular weight excluding hydrogens is 146 g/mol. The van der Waals surface area contributed by atoms with Crippen molar-refractivity contribution in [3.05, 3.63) is 0 Å². The van der Waals surface area contributed by atoms with Crippen molar-refractivity contribution in [1.82, 2.24) is 5.32 Å². The minimum absolute atomic E-state index is 0.974. The van der Waals surface area contributed by atoms with E-state index in [4.69, 9.17) is 0 Å². The van der Waals surface area contributed by atoms with Crippen LogP contribution in [0.4, 0.5) is 0 Å². The molecule has 0 amide bonds. The second kappa shape index (κ2) is 5.58. The third kappa shape index (κ3) is 2.78. The van der Waals surface area contributed by atoms with Crippen LogP contribution in [0.25, 0.3) is 0 Å². The molecule has 0 spiro atoms. The Morgan fingerprint density at radius 2 is 1.83 bits per heavy atom. The van der Waals surface area contributed by atoms with Crippen molar-refractivity contribution in [3.8, 4) is 0 Å². The summed E-state index contributed by atoms with van der Waals surface area (Å²) in [4.78, 5) is 0. The monoisotopic (exact) mass is 169 g/mol. The third-order valence-electron chi connectivity index (χ3n) is 3.18. The van der Waals surface area contributed by atoms with Gasteiger partial charge >= 0.3 is 0 Å². The Labute approximate surface area is 76.9 Å². The summed E-state index contributed by atoms with van der Waals surface area (Å²) in [7, 11) is 0. The predicted molar refractivity (Wildman–Crippen MR) is 54.3 cm³/mol. The molecule has 2 unspecified atom stereocenters. The molecule has 72 valence electrons. The number of unbranched alkanes of at least 4 members (excludes halogenated alkanes) is 2. The second-order valence-electron chi connectivity index (χ2n) is 4.08. The summed E-state index contributed by atoms with van der Waals surface area (Å²) in [5, 5.41) is 3.50. The van der Waals surface area contributed by atoms with Crippen LogP contribution in [0.1, 0.15) is 46.0 Å². The first-order valence-corrected chi connectivity index (χ1v) is 5.59. The molecule has 2 atom stereocenters. The first-order valence-electron chi connectivity index (χ1n) is 5.59. The standard InChI is InChI=1S/C11H23N/c1-3-5-6-7-11-9-12-8-10(11)4-2/h10-12H,3-9H2,1-2H3. The summed E-state index contributed by atoms with van der Waals surface area (Å²) >= 11 is 0. The molecule has 0 aromatic carbocycles. The maximum atomic E-state index is 3.50. The number of hydrogen-bond donors (Lipinski definition) is 1. The van der Waals surface area contributed by atoms with Crippen LogP contribution in [0.5, 0.6) is 0 Å². The highest BCUT2D eigenvalue weighted by molar-refractivity contribution is 4.79. The predicted octanol–water partition coefficient (Wildman–Crippen LogP) is 2.81. The minimum Gasteiger partial charge on any atom is -0.316 e. The molecule has 1 heteroatoms. The average Bonchev–Trinajstić information content (AvgIpc) is 2.52. The third-order valence-corrected chi connectivity index (χ3v) is 3.18. The highest BCUT2D eigenvalue weighted by Gasteiger charge is 2.24. The van der Waals surface area contributed by atoms with Crippen molar-refractivity contribution in [2.75, 3.05) is 13.1 Å². The van der Waals surface area contributed by atoms with Gasteiger partial charge in [-0.3, -0.25) is 0 Å². The highest BCUT2D eigenvalue weighted by Crippen LogP contribution is 2.24. The van der Waals surface area contributed by atoms with Crippen molar-refractivity contribution in [3.63, 3.8) is 0 Å². The van der Waals surface area contributed by atoms with Gasteiger partial charge in [0.1, 0.15) is 0 Å². The number of hydrogen-bond acceptors (Lipinski definition) is 1. The molecule has 1 nitrogen and oxygen atoms in total. The maximum Gasteiger partial charge on any atom is -0.00173 e. The largest absolute Gasteiger partial charge is 0.316 e. The van der Waals surface area contributed by atoms with Gasteiger partial charge in [-0.25, -0.2) is 0 Å². The van der Waals surface area contributed by atoms with Crippen molar-refractivity contribution >= 4 is 0 Å². The Kier molecular flexibility index (Phi) is 4.67. The van der Waals surface area contributed by atoms with Crippen molar-refractivity contribution < 1.29 is 0 Å². The minimum atomic E-state index is 0.974. The van der Waals surface area contributed by atoms with Crippen LogP contribution in [0, 0.1) is 11.8 Å². The lowest BCUT2D eigenvalue weighted by Crippen LogP contribution is -2.11. The molecule has 0 aliphatic carbocycles. The molecule has 1 aliphatic rings. The summed E-state index contributed by atoms with van der Waals surface area (Å²) in [6.07, 6.45) is 7.05. The van der Waals surface area contributed by atoms with Gasteiger partial charge < -0.3 is 5.32 Å². The van der Waals surface area contributed by atoms with E-state index in [-0.39, 0.29) is 0 Å². The van der Waals surface area contributed by atoms with Gasteiger partial charge in [-0.15, -0.1) is 0 Å². The zero-order valence-corrected chi connectivity index (χ0v) is 8.60. The molecular formula is C11H23N. The van der Waals surface area contributed by atoms with Crippen LogP contribution in [0.2, 0.25) is 0 Å². The van der Waals surface area contributed by atoms with Gasteiger partial charge in [-0.1, -0.05) is 39.5 Å². The van der Waals surface area contributed by atoms with E-state index in [1.54, 1.807) is 0 Å². The van der Waals surface area contributed by atoms with Gasteiger partial charge in [-0.05, 0) is 31.3 Å². The number of rotatable bonds is 5. The topological polar surface area (TPSA) is 12.0 Å². The zero-order chi connectivity index (χ0) is 8.81. The molecule has 1 N–H and O–H groups in total. The quantitative estimate of drug-likeness (QED) is 0.624. The van der Waals surface area contributed by atoms with Crippen LogP contribution in [0.3, 0.4) is 0 Å². The average molecular weight is 169 g/mol. The van der Waals surface area contributed by atoms with Crippen LogP contribution in [0.15, 0.2) is 0 Å². The molecule has 1 fully saturated rings. The normalized spacial score (nSPS) is 29.5. The van der Waals surface area contributed by atoms with E-state index in [0.29, 0.717) is 0 Å². The van der Waals surface area contributed by atoms with Gasteiger partial charge in [0.25, 0.3) is 0 Å². The van der Waals surface area contributed by atoms with Gasteiger partial charge in [0, 0.05) is 0 Å².